The fraction of sp³-hybridized carbons (Fsp3) is 0.533. The molecule has 1 rings (SSSR count). The van der Waals surface area contributed by atoms with Crippen LogP contribution in [0.15, 0.2) is 34.2 Å². The first-order chi connectivity index (χ1) is 10.5. The lowest BCUT2D eigenvalue weighted by Crippen LogP contribution is -2.38. The molecule has 0 aliphatic carbocycles. The molecule has 7 heteroatoms. The quantitative estimate of drug-likeness (QED) is 0.426. The number of guanidine groups is 1. The smallest absolute Gasteiger partial charge is 0.190 e. The van der Waals surface area contributed by atoms with Crippen LogP contribution in [0.1, 0.15) is 12.0 Å². The molecule has 124 valence electrons. The highest BCUT2D eigenvalue weighted by Gasteiger charge is 2.06. The van der Waals surface area contributed by atoms with E-state index >= 15 is 0 Å². The van der Waals surface area contributed by atoms with Crippen LogP contribution < -0.4 is 10.6 Å². The van der Waals surface area contributed by atoms with Crippen LogP contribution >= 0.6 is 11.8 Å². The van der Waals surface area contributed by atoms with Crippen molar-refractivity contribution in [2.24, 2.45) is 4.99 Å². The van der Waals surface area contributed by atoms with Gasteiger partial charge < -0.3 is 10.6 Å². The molecule has 0 radical (unpaired) electrons. The standard InChI is InChI=1S/C15H25N3O2S2/c1-16-15(17-10-4-12-21-2)18-11-9-13-5-7-14(8-6-13)22(3,19)20/h5-8H,4,9-12H2,1-3H3,(H2,16,17,18). The average Bonchev–Trinajstić information content (AvgIpc) is 2.49. The van der Waals surface area contributed by atoms with E-state index < -0.39 is 9.84 Å². The molecular weight excluding hydrogens is 318 g/mol. The summed E-state index contributed by atoms with van der Waals surface area (Å²) in [5.74, 6) is 1.94. The summed E-state index contributed by atoms with van der Waals surface area (Å²) in [5.41, 5.74) is 1.10. The van der Waals surface area contributed by atoms with Crippen molar-refractivity contribution in [3.05, 3.63) is 29.8 Å². The van der Waals surface area contributed by atoms with E-state index in [9.17, 15) is 8.42 Å². The summed E-state index contributed by atoms with van der Waals surface area (Å²) in [6.07, 6.45) is 5.24. The fourth-order valence-corrected chi connectivity index (χ4v) is 2.94. The summed E-state index contributed by atoms with van der Waals surface area (Å²) in [5, 5.41) is 6.52. The molecule has 0 saturated heterocycles. The van der Waals surface area contributed by atoms with E-state index in [1.807, 2.05) is 23.9 Å². The number of hydrogen-bond acceptors (Lipinski definition) is 4. The van der Waals surface area contributed by atoms with Crippen LogP contribution in [0.4, 0.5) is 0 Å². The SMILES string of the molecule is CN=C(NCCCSC)NCCc1ccc(S(C)(=O)=O)cc1. The van der Waals surface area contributed by atoms with Gasteiger partial charge >= 0.3 is 0 Å². The molecule has 0 atom stereocenters. The van der Waals surface area contributed by atoms with Crippen LogP contribution in [0.2, 0.25) is 0 Å². The largest absolute Gasteiger partial charge is 0.356 e. The van der Waals surface area contributed by atoms with Crippen LogP contribution in [0.3, 0.4) is 0 Å². The van der Waals surface area contributed by atoms with E-state index in [0.717, 1.165) is 43.2 Å². The van der Waals surface area contributed by atoms with Gasteiger partial charge in [-0.05, 0) is 42.5 Å². The van der Waals surface area contributed by atoms with Gasteiger partial charge in [0.05, 0.1) is 4.90 Å². The summed E-state index contributed by atoms with van der Waals surface area (Å²) in [7, 11) is -1.36. The first-order valence-corrected chi connectivity index (χ1v) is 10.5. The first-order valence-electron chi connectivity index (χ1n) is 7.20. The van der Waals surface area contributed by atoms with Gasteiger partial charge in [0.2, 0.25) is 0 Å². The van der Waals surface area contributed by atoms with Crippen molar-refractivity contribution in [1.29, 1.82) is 0 Å². The highest BCUT2D eigenvalue weighted by atomic mass is 32.2. The second-order valence-electron chi connectivity index (χ2n) is 4.94. The number of benzene rings is 1. The van der Waals surface area contributed by atoms with Crippen molar-refractivity contribution in [3.8, 4) is 0 Å². The van der Waals surface area contributed by atoms with Crippen LogP contribution in [-0.2, 0) is 16.3 Å². The Morgan fingerprint density at radius 2 is 1.82 bits per heavy atom. The van der Waals surface area contributed by atoms with Crippen molar-refractivity contribution >= 4 is 27.6 Å². The molecule has 22 heavy (non-hydrogen) atoms. The van der Waals surface area contributed by atoms with Gasteiger partial charge in [0, 0.05) is 26.4 Å². The Morgan fingerprint density at radius 1 is 1.18 bits per heavy atom. The molecule has 0 unspecified atom stereocenters. The first kappa shape index (κ1) is 18.8. The number of aliphatic imine (C=N–C) groups is 1. The summed E-state index contributed by atoms with van der Waals surface area (Å²) in [6.45, 7) is 1.66. The maximum absolute atomic E-state index is 11.4. The van der Waals surface area contributed by atoms with Crippen LogP contribution in [0.25, 0.3) is 0 Å². The Hall–Kier alpha value is -1.21. The summed E-state index contributed by atoms with van der Waals surface area (Å²) >= 11 is 1.84. The topological polar surface area (TPSA) is 70.6 Å². The molecule has 1 aromatic rings. The van der Waals surface area contributed by atoms with Crippen molar-refractivity contribution in [3.63, 3.8) is 0 Å². The maximum atomic E-state index is 11.4. The van der Waals surface area contributed by atoms with Crippen molar-refractivity contribution in [2.75, 3.05) is 38.4 Å². The molecule has 0 aliphatic heterocycles. The van der Waals surface area contributed by atoms with E-state index in [1.54, 1.807) is 19.2 Å². The maximum Gasteiger partial charge on any atom is 0.190 e. The van der Waals surface area contributed by atoms with Gasteiger partial charge in [-0.25, -0.2) is 8.42 Å². The minimum Gasteiger partial charge on any atom is -0.356 e. The fourth-order valence-electron chi connectivity index (χ4n) is 1.87. The Morgan fingerprint density at radius 3 is 2.36 bits per heavy atom. The van der Waals surface area contributed by atoms with Crippen molar-refractivity contribution < 1.29 is 8.42 Å². The van der Waals surface area contributed by atoms with Gasteiger partial charge in [0.15, 0.2) is 15.8 Å². The Bertz CT molecular complexity index is 569. The van der Waals surface area contributed by atoms with E-state index in [1.165, 1.54) is 6.26 Å². The normalized spacial score (nSPS) is 12.2. The number of sulfone groups is 1. The van der Waals surface area contributed by atoms with Crippen LogP contribution in [-0.4, -0.2) is 52.8 Å². The van der Waals surface area contributed by atoms with E-state index in [-0.39, 0.29) is 0 Å². The second-order valence-corrected chi connectivity index (χ2v) is 7.94. The van der Waals surface area contributed by atoms with Crippen LogP contribution in [0.5, 0.6) is 0 Å². The predicted molar refractivity (Wildman–Crippen MR) is 95.6 cm³/mol. The van der Waals surface area contributed by atoms with E-state index in [4.69, 9.17) is 0 Å². The molecule has 0 aromatic heterocycles. The monoisotopic (exact) mass is 343 g/mol. The lowest BCUT2D eigenvalue weighted by molar-refractivity contribution is 0.602. The van der Waals surface area contributed by atoms with Gasteiger partial charge in [-0.15, -0.1) is 0 Å². The highest BCUT2D eigenvalue weighted by molar-refractivity contribution is 7.98. The number of nitrogens with one attached hydrogen (secondary N) is 2. The number of nitrogens with zero attached hydrogens (tertiary/aromatic N) is 1. The lowest BCUT2D eigenvalue weighted by Gasteiger charge is -2.11. The van der Waals surface area contributed by atoms with Gasteiger partial charge in [-0.2, -0.15) is 11.8 Å². The molecule has 1 aromatic carbocycles. The molecule has 0 aliphatic rings. The van der Waals surface area contributed by atoms with Gasteiger partial charge in [-0.1, -0.05) is 12.1 Å². The molecule has 2 N–H and O–H groups in total. The van der Waals surface area contributed by atoms with Gasteiger partial charge in [0.25, 0.3) is 0 Å². The molecule has 0 fully saturated rings. The molecular formula is C15H25N3O2S2. The second kappa shape index (κ2) is 9.74. The third-order valence-electron chi connectivity index (χ3n) is 3.10. The Labute approximate surface area is 137 Å². The molecule has 0 saturated carbocycles. The number of rotatable bonds is 8. The van der Waals surface area contributed by atoms with Gasteiger partial charge in [-0.3, -0.25) is 4.99 Å². The molecule has 0 heterocycles. The minimum atomic E-state index is -3.12. The van der Waals surface area contributed by atoms with E-state index in [2.05, 4.69) is 21.9 Å². The zero-order valence-corrected chi connectivity index (χ0v) is 15.1. The summed E-state index contributed by atoms with van der Waals surface area (Å²) in [4.78, 5) is 4.53. The number of hydrogen-bond donors (Lipinski definition) is 2. The lowest BCUT2D eigenvalue weighted by atomic mass is 10.1. The molecule has 5 nitrogen and oxygen atoms in total. The Kier molecular flexibility index (Phi) is 8.34. The van der Waals surface area contributed by atoms with Crippen LogP contribution in [0, 0.1) is 0 Å². The highest BCUT2D eigenvalue weighted by Crippen LogP contribution is 2.10. The number of thioether (sulfide) groups is 1. The third kappa shape index (κ3) is 7.17. The third-order valence-corrected chi connectivity index (χ3v) is 4.92. The van der Waals surface area contributed by atoms with Crippen molar-refractivity contribution in [1.82, 2.24) is 10.6 Å². The predicted octanol–water partition coefficient (Wildman–Crippen LogP) is 1.55. The summed E-state index contributed by atoms with van der Waals surface area (Å²) < 4.78 is 22.8. The van der Waals surface area contributed by atoms with Crippen molar-refractivity contribution in [2.45, 2.75) is 17.7 Å². The zero-order valence-electron chi connectivity index (χ0n) is 13.4. The molecule has 0 spiro atoms. The Balaban J connectivity index is 2.36. The molecule has 0 bridgehead atoms. The average molecular weight is 344 g/mol. The van der Waals surface area contributed by atoms with E-state index in [0.29, 0.717) is 4.90 Å². The van der Waals surface area contributed by atoms with Gasteiger partial charge in [0.1, 0.15) is 0 Å². The summed E-state index contributed by atoms with van der Waals surface area (Å²) in [6, 6.07) is 7.01. The minimum absolute atomic E-state index is 0.357. The zero-order chi connectivity index (χ0) is 16.4. The molecule has 0 amide bonds.